The maximum absolute atomic E-state index is 6.02. The molecule has 0 radical (unpaired) electrons. The van der Waals surface area contributed by atoms with Crippen LogP contribution in [0.25, 0.3) is 0 Å². The Morgan fingerprint density at radius 3 is 2.54 bits per heavy atom. The van der Waals surface area contributed by atoms with Gasteiger partial charge in [-0.3, -0.25) is 0 Å². The van der Waals surface area contributed by atoms with Crippen LogP contribution in [0.3, 0.4) is 0 Å². The van der Waals surface area contributed by atoms with Crippen molar-refractivity contribution in [3.05, 3.63) is 0 Å². The summed E-state index contributed by atoms with van der Waals surface area (Å²) in [6.45, 7) is 6.87. The summed E-state index contributed by atoms with van der Waals surface area (Å²) >= 11 is 0. The Hall–Kier alpha value is -0.0800. The van der Waals surface area contributed by atoms with Crippen molar-refractivity contribution < 1.29 is 9.47 Å². The molecule has 2 heteroatoms. The van der Waals surface area contributed by atoms with Crippen molar-refractivity contribution in [1.29, 1.82) is 0 Å². The SMILES string of the molecule is COC1CC2CCC(C)(C)C2(C)O1. The third-order valence-electron chi connectivity index (χ3n) is 4.36. The van der Waals surface area contributed by atoms with E-state index in [0.29, 0.717) is 11.3 Å². The lowest BCUT2D eigenvalue weighted by atomic mass is 9.76. The van der Waals surface area contributed by atoms with Gasteiger partial charge in [-0.1, -0.05) is 13.8 Å². The van der Waals surface area contributed by atoms with Crippen LogP contribution in [0.1, 0.15) is 40.0 Å². The van der Waals surface area contributed by atoms with Crippen molar-refractivity contribution in [2.24, 2.45) is 11.3 Å². The van der Waals surface area contributed by atoms with Gasteiger partial charge in [0.2, 0.25) is 0 Å². The highest BCUT2D eigenvalue weighted by Gasteiger charge is 2.58. The Labute approximate surface area is 80.6 Å². The first-order valence-corrected chi connectivity index (χ1v) is 5.20. The molecule has 0 N–H and O–H groups in total. The fourth-order valence-corrected chi connectivity index (χ4v) is 2.91. The summed E-state index contributed by atoms with van der Waals surface area (Å²) in [6.07, 6.45) is 3.69. The normalized spacial score (nSPS) is 48.0. The average molecular weight is 184 g/mol. The Morgan fingerprint density at radius 1 is 1.31 bits per heavy atom. The standard InChI is InChI=1S/C11H20O2/c1-10(2)6-5-8-7-9(12-4)13-11(8,10)3/h8-9H,5-7H2,1-4H3. The molecule has 0 aromatic heterocycles. The van der Waals surface area contributed by atoms with Gasteiger partial charge >= 0.3 is 0 Å². The average Bonchev–Trinajstić information content (AvgIpc) is 2.49. The van der Waals surface area contributed by atoms with Crippen molar-refractivity contribution in [1.82, 2.24) is 0 Å². The van der Waals surface area contributed by atoms with Crippen molar-refractivity contribution in [2.75, 3.05) is 7.11 Å². The van der Waals surface area contributed by atoms with Crippen molar-refractivity contribution in [2.45, 2.75) is 51.9 Å². The van der Waals surface area contributed by atoms with Crippen LogP contribution in [0.5, 0.6) is 0 Å². The highest BCUT2D eigenvalue weighted by molar-refractivity contribution is 5.06. The summed E-state index contributed by atoms with van der Waals surface area (Å²) in [5, 5.41) is 0. The Balaban J connectivity index is 2.21. The second-order valence-electron chi connectivity index (χ2n) is 5.25. The zero-order chi connectivity index (χ0) is 9.69. The molecular formula is C11H20O2. The van der Waals surface area contributed by atoms with Gasteiger partial charge in [-0.25, -0.2) is 0 Å². The van der Waals surface area contributed by atoms with Gasteiger partial charge in [0.15, 0.2) is 6.29 Å². The van der Waals surface area contributed by atoms with Crippen LogP contribution in [-0.4, -0.2) is 19.0 Å². The molecule has 0 aromatic carbocycles. The van der Waals surface area contributed by atoms with E-state index in [2.05, 4.69) is 20.8 Å². The van der Waals surface area contributed by atoms with Gasteiger partial charge in [-0.2, -0.15) is 0 Å². The lowest BCUT2D eigenvalue weighted by Crippen LogP contribution is -2.41. The molecule has 3 atom stereocenters. The maximum Gasteiger partial charge on any atom is 0.158 e. The maximum atomic E-state index is 6.02. The Morgan fingerprint density at radius 2 is 2.00 bits per heavy atom. The third-order valence-corrected chi connectivity index (χ3v) is 4.36. The van der Waals surface area contributed by atoms with Crippen LogP contribution >= 0.6 is 0 Å². The molecule has 1 aliphatic carbocycles. The first kappa shape index (κ1) is 9.47. The summed E-state index contributed by atoms with van der Waals surface area (Å²) in [5.41, 5.74) is 0.360. The van der Waals surface area contributed by atoms with Crippen LogP contribution in [0.15, 0.2) is 0 Å². The molecule has 2 fully saturated rings. The van der Waals surface area contributed by atoms with Gasteiger partial charge in [-0.05, 0) is 31.1 Å². The van der Waals surface area contributed by atoms with Gasteiger partial charge in [0.05, 0.1) is 5.60 Å². The molecule has 3 unspecified atom stereocenters. The lowest BCUT2D eigenvalue weighted by molar-refractivity contribution is -0.181. The van der Waals surface area contributed by atoms with Gasteiger partial charge in [0.1, 0.15) is 0 Å². The summed E-state index contributed by atoms with van der Waals surface area (Å²) in [5.74, 6) is 0.701. The number of methoxy groups -OCH3 is 1. The first-order valence-electron chi connectivity index (χ1n) is 5.20. The number of hydrogen-bond donors (Lipinski definition) is 0. The van der Waals surface area contributed by atoms with Crippen LogP contribution in [-0.2, 0) is 9.47 Å². The lowest BCUT2D eigenvalue weighted by Gasteiger charge is -2.37. The fourth-order valence-electron chi connectivity index (χ4n) is 2.91. The van der Waals surface area contributed by atoms with E-state index in [1.165, 1.54) is 12.8 Å². The molecule has 0 spiro atoms. The summed E-state index contributed by atoms with van der Waals surface area (Å²) in [6, 6.07) is 0. The fraction of sp³-hybridized carbons (Fsp3) is 1.00. The van der Waals surface area contributed by atoms with E-state index in [1.54, 1.807) is 7.11 Å². The predicted molar refractivity (Wildman–Crippen MR) is 51.4 cm³/mol. The molecule has 13 heavy (non-hydrogen) atoms. The number of fused-ring (bicyclic) bond motifs is 1. The highest BCUT2D eigenvalue weighted by Crippen LogP contribution is 2.57. The molecule has 2 nitrogen and oxygen atoms in total. The van der Waals surface area contributed by atoms with E-state index in [1.807, 2.05) is 0 Å². The number of ether oxygens (including phenoxy) is 2. The van der Waals surface area contributed by atoms with E-state index >= 15 is 0 Å². The van der Waals surface area contributed by atoms with Crippen LogP contribution in [0.4, 0.5) is 0 Å². The quantitative estimate of drug-likeness (QED) is 0.623. The minimum atomic E-state index is 0.0366. The van der Waals surface area contributed by atoms with Crippen LogP contribution < -0.4 is 0 Å². The number of rotatable bonds is 1. The van der Waals surface area contributed by atoms with E-state index in [4.69, 9.17) is 9.47 Å². The monoisotopic (exact) mass is 184 g/mol. The van der Waals surface area contributed by atoms with Gasteiger partial charge < -0.3 is 9.47 Å². The molecule has 1 saturated carbocycles. The molecular weight excluding hydrogens is 164 g/mol. The second-order valence-corrected chi connectivity index (χ2v) is 5.25. The van der Waals surface area contributed by atoms with E-state index in [-0.39, 0.29) is 11.9 Å². The van der Waals surface area contributed by atoms with Crippen molar-refractivity contribution in [3.8, 4) is 0 Å². The van der Waals surface area contributed by atoms with Gasteiger partial charge in [0.25, 0.3) is 0 Å². The molecule has 1 saturated heterocycles. The molecule has 2 rings (SSSR count). The molecule has 1 aliphatic heterocycles. The van der Waals surface area contributed by atoms with E-state index in [9.17, 15) is 0 Å². The summed E-state index contributed by atoms with van der Waals surface area (Å²) in [4.78, 5) is 0. The van der Waals surface area contributed by atoms with Crippen molar-refractivity contribution >= 4 is 0 Å². The van der Waals surface area contributed by atoms with Crippen LogP contribution in [0.2, 0.25) is 0 Å². The van der Waals surface area contributed by atoms with Gasteiger partial charge in [-0.15, -0.1) is 0 Å². The largest absolute Gasteiger partial charge is 0.356 e. The minimum Gasteiger partial charge on any atom is -0.356 e. The topological polar surface area (TPSA) is 18.5 Å². The first-order chi connectivity index (χ1) is 5.99. The molecule has 2 aliphatic rings. The Bertz CT molecular complexity index is 212. The zero-order valence-corrected chi connectivity index (χ0v) is 9.09. The highest BCUT2D eigenvalue weighted by atomic mass is 16.7. The van der Waals surface area contributed by atoms with Crippen LogP contribution in [0, 0.1) is 11.3 Å². The predicted octanol–water partition coefficient (Wildman–Crippen LogP) is 2.57. The summed E-state index contributed by atoms with van der Waals surface area (Å²) in [7, 11) is 1.74. The Kier molecular flexibility index (Phi) is 1.97. The molecule has 0 aromatic rings. The molecule has 1 heterocycles. The van der Waals surface area contributed by atoms with E-state index < -0.39 is 0 Å². The number of hydrogen-bond acceptors (Lipinski definition) is 2. The molecule has 76 valence electrons. The third kappa shape index (κ3) is 1.15. The zero-order valence-electron chi connectivity index (χ0n) is 9.09. The smallest absolute Gasteiger partial charge is 0.158 e. The van der Waals surface area contributed by atoms with E-state index in [0.717, 1.165) is 6.42 Å². The summed E-state index contributed by atoms with van der Waals surface area (Å²) < 4.78 is 11.3. The van der Waals surface area contributed by atoms with Crippen molar-refractivity contribution in [3.63, 3.8) is 0 Å². The second kappa shape index (κ2) is 2.71. The molecule has 0 amide bonds. The minimum absolute atomic E-state index is 0.0366. The van der Waals surface area contributed by atoms with Gasteiger partial charge in [0, 0.05) is 13.5 Å². The molecule has 0 bridgehead atoms.